The van der Waals surface area contributed by atoms with E-state index in [1.54, 1.807) is 6.07 Å². The number of aromatic nitrogens is 2. The summed E-state index contributed by atoms with van der Waals surface area (Å²) in [5.74, 6) is 0.548. The van der Waals surface area contributed by atoms with Gasteiger partial charge in [0.2, 0.25) is 0 Å². The van der Waals surface area contributed by atoms with Crippen molar-refractivity contribution in [1.29, 1.82) is 0 Å². The molecule has 0 radical (unpaired) electrons. The van der Waals surface area contributed by atoms with Crippen LogP contribution in [0.15, 0.2) is 33.5 Å². The Bertz CT molecular complexity index is 713. The fourth-order valence-electron chi connectivity index (χ4n) is 1.47. The van der Waals surface area contributed by atoms with E-state index in [2.05, 4.69) is 10.2 Å². The lowest BCUT2D eigenvalue weighted by Crippen LogP contribution is -1.90. The van der Waals surface area contributed by atoms with Gasteiger partial charge < -0.3 is 4.42 Å². The molecule has 0 saturated heterocycles. The normalized spacial score (nSPS) is 11.1. The molecule has 1 N–H and O–H groups in total. The molecular formula is C10H5ClN2O2S. The van der Waals surface area contributed by atoms with Crippen molar-refractivity contribution in [2.45, 2.75) is 0 Å². The second-order valence-corrected chi connectivity index (χ2v) is 4.56. The Morgan fingerprint density at radius 1 is 1.44 bits per heavy atom. The number of hydrogen-bond donors (Lipinski definition) is 1. The number of furan rings is 1. The Balaban J connectivity index is 2.26. The molecule has 0 amide bonds. The zero-order valence-electron chi connectivity index (χ0n) is 7.86. The first-order chi connectivity index (χ1) is 7.74. The Labute approximate surface area is 98.5 Å². The summed E-state index contributed by atoms with van der Waals surface area (Å²) in [5.41, 5.74) is 0.613. The van der Waals surface area contributed by atoms with Crippen molar-refractivity contribution in [1.82, 2.24) is 10.2 Å². The predicted octanol–water partition coefficient (Wildman–Crippen LogP) is 2.90. The summed E-state index contributed by atoms with van der Waals surface area (Å²) < 4.78 is 5.56. The van der Waals surface area contributed by atoms with Crippen LogP contribution in [0.1, 0.15) is 0 Å². The van der Waals surface area contributed by atoms with Crippen molar-refractivity contribution < 1.29 is 4.42 Å². The van der Waals surface area contributed by atoms with Crippen molar-refractivity contribution in [2.75, 3.05) is 0 Å². The molecule has 3 rings (SSSR count). The highest BCUT2D eigenvalue weighted by Gasteiger charge is 2.11. The summed E-state index contributed by atoms with van der Waals surface area (Å²) in [6, 6.07) is 7.30. The number of fused-ring (bicyclic) bond motifs is 1. The van der Waals surface area contributed by atoms with Crippen molar-refractivity contribution in [3.63, 3.8) is 0 Å². The van der Waals surface area contributed by atoms with E-state index >= 15 is 0 Å². The summed E-state index contributed by atoms with van der Waals surface area (Å²) in [5, 5.41) is 8.17. The minimum absolute atomic E-state index is 0.207. The standard InChI is InChI=1S/C10H5ClN2O2S/c11-6-3-1-2-5-4-7(15-8(5)6)9-12-13-10(14)16-9/h1-4H,(H,13,14). The van der Waals surface area contributed by atoms with E-state index in [-0.39, 0.29) is 4.87 Å². The lowest BCUT2D eigenvalue weighted by atomic mass is 10.2. The first-order valence-corrected chi connectivity index (χ1v) is 5.67. The molecule has 6 heteroatoms. The molecule has 0 bridgehead atoms. The van der Waals surface area contributed by atoms with Crippen molar-refractivity contribution in [3.8, 4) is 10.8 Å². The van der Waals surface area contributed by atoms with Crippen LogP contribution < -0.4 is 4.87 Å². The Hall–Kier alpha value is -1.59. The van der Waals surface area contributed by atoms with Gasteiger partial charge in [-0.05, 0) is 23.5 Å². The monoisotopic (exact) mass is 252 g/mol. The van der Waals surface area contributed by atoms with Crippen LogP contribution in [0.25, 0.3) is 21.7 Å². The van der Waals surface area contributed by atoms with Crippen LogP contribution in [0, 0.1) is 0 Å². The number of H-pyrrole nitrogens is 1. The number of nitrogens with one attached hydrogen (secondary N) is 1. The third-order valence-electron chi connectivity index (χ3n) is 2.14. The topological polar surface area (TPSA) is 58.9 Å². The Kier molecular flexibility index (Phi) is 2.08. The molecule has 0 aliphatic rings. The van der Waals surface area contributed by atoms with Gasteiger partial charge in [0, 0.05) is 5.39 Å². The molecule has 1 aromatic carbocycles. The Morgan fingerprint density at radius 2 is 2.31 bits per heavy atom. The smallest absolute Gasteiger partial charge is 0.322 e. The summed E-state index contributed by atoms with van der Waals surface area (Å²) in [7, 11) is 0. The number of nitrogens with zero attached hydrogens (tertiary/aromatic N) is 1. The first kappa shape index (κ1) is 9.62. The molecule has 0 fully saturated rings. The molecule has 0 spiro atoms. The summed E-state index contributed by atoms with van der Waals surface area (Å²) in [4.78, 5) is 10.8. The maximum atomic E-state index is 11.0. The van der Waals surface area contributed by atoms with Gasteiger partial charge in [-0.2, -0.15) is 5.10 Å². The second-order valence-electron chi connectivity index (χ2n) is 3.19. The van der Waals surface area contributed by atoms with Gasteiger partial charge in [0.25, 0.3) is 0 Å². The van der Waals surface area contributed by atoms with Gasteiger partial charge >= 0.3 is 4.87 Å². The van der Waals surface area contributed by atoms with Gasteiger partial charge in [0.15, 0.2) is 16.4 Å². The number of benzene rings is 1. The summed E-state index contributed by atoms with van der Waals surface area (Å²) >= 11 is 6.99. The lowest BCUT2D eigenvalue weighted by molar-refractivity contribution is 0.630. The molecule has 16 heavy (non-hydrogen) atoms. The van der Waals surface area contributed by atoms with Crippen molar-refractivity contribution in [3.05, 3.63) is 39.0 Å². The highest BCUT2D eigenvalue weighted by atomic mass is 35.5. The molecule has 0 unspecified atom stereocenters. The van der Waals surface area contributed by atoms with Crippen molar-refractivity contribution in [2.24, 2.45) is 0 Å². The zero-order chi connectivity index (χ0) is 11.1. The lowest BCUT2D eigenvalue weighted by Gasteiger charge is -1.89. The van der Waals surface area contributed by atoms with Crippen LogP contribution in [-0.4, -0.2) is 10.2 Å². The fraction of sp³-hybridized carbons (Fsp3) is 0. The van der Waals surface area contributed by atoms with Gasteiger partial charge in [0.1, 0.15) is 0 Å². The molecule has 2 aromatic heterocycles. The van der Waals surface area contributed by atoms with Gasteiger partial charge in [-0.15, -0.1) is 0 Å². The van der Waals surface area contributed by atoms with E-state index in [0.29, 0.717) is 21.4 Å². The van der Waals surface area contributed by atoms with Crippen LogP contribution in [-0.2, 0) is 0 Å². The number of rotatable bonds is 1. The molecule has 0 aliphatic heterocycles. The quantitative estimate of drug-likeness (QED) is 0.724. The van der Waals surface area contributed by atoms with E-state index in [4.69, 9.17) is 16.0 Å². The van der Waals surface area contributed by atoms with Crippen LogP contribution in [0.3, 0.4) is 0 Å². The second kappa shape index (κ2) is 3.47. The van der Waals surface area contributed by atoms with Gasteiger partial charge in [-0.1, -0.05) is 23.7 Å². The average molecular weight is 253 g/mol. The maximum absolute atomic E-state index is 11.0. The molecular weight excluding hydrogens is 248 g/mol. The van der Waals surface area contributed by atoms with E-state index in [1.807, 2.05) is 18.2 Å². The SMILES string of the molecule is O=c1[nH]nc(-c2cc3cccc(Cl)c3o2)s1. The molecule has 4 nitrogen and oxygen atoms in total. The highest BCUT2D eigenvalue weighted by molar-refractivity contribution is 7.12. The number of aromatic amines is 1. The predicted molar refractivity (Wildman–Crippen MR) is 63.0 cm³/mol. The molecule has 0 atom stereocenters. The Morgan fingerprint density at radius 3 is 3.00 bits per heavy atom. The fourth-order valence-corrected chi connectivity index (χ4v) is 2.25. The maximum Gasteiger partial charge on any atom is 0.322 e. The summed E-state index contributed by atoms with van der Waals surface area (Å²) in [6.07, 6.45) is 0. The van der Waals surface area contributed by atoms with E-state index < -0.39 is 0 Å². The first-order valence-electron chi connectivity index (χ1n) is 4.48. The van der Waals surface area contributed by atoms with E-state index in [0.717, 1.165) is 16.7 Å². The van der Waals surface area contributed by atoms with E-state index in [9.17, 15) is 4.79 Å². The van der Waals surface area contributed by atoms with Crippen LogP contribution in [0.4, 0.5) is 0 Å². The number of halogens is 1. The van der Waals surface area contributed by atoms with Crippen LogP contribution in [0.5, 0.6) is 0 Å². The molecule has 0 aliphatic carbocycles. The van der Waals surface area contributed by atoms with Gasteiger partial charge in [-0.3, -0.25) is 4.79 Å². The highest BCUT2D eigenvalue weighted by Crippen LogP contribution is 2.31. The molecule has 0 saturated carbocycles. The molecule has 2 heterocycles. The number of hydrogen-bond acceptors (Lipinski definition) is 4. The van der Waals surface area contributed by atoms with E-state index in [1.165, 1.54) is 0 Å². The third-order valence-corrected chi connectivity index (χ3v) is 3.21. The van der Waals surface area contributed by atoms with Crippen LogP contribution in [0.2, 0.25) is 5.02 Å². The number of para-hydroxylation sites is 1. The summed E-state index contributed by atoms with van der Waals surface area (Å²) in [6.45, 7) is 0. The minimum atomic E-state index is -0.207. The van der Waals surface area contributed by atoms with Gasteiger partial charge in [0.05, 0.1) is 5.02 Å². The third kappa shape index (κ3) is 1.45. The molecule has 80 valence electrons. The van der Waals surface area contributed by atoms with Crippen LogP contribution >= 0.6 is 22.9 Å². The average Bonchev–Trinajstić information content (AvgIpc) is 2.84. The van der Waals surface area contributed by atoms with Gasteiger partial charge in [-0.25, -0.2) is 5.10 Å². The van der Waals surface area contributed by atoms with Crippen molar-refractivity contribution >= 4 is 33.9 Å². The largest absolute Gasteiger partial charge is 0.452 e. The minimum Gasteiger partial charge on any atom is -0.452 e. The molecule has 3 aromatic rings. The zero-order valence-corrected chi connectivity index (χ0v) is 9.43.